The number of fused-ring (bicyclic) bond motifs is 1. The molecular formula is C11H20N2O2. The van der Waals surface area contributed by atoms with E-state index in [9.17, 15) is 4.79 Å². The summed E-state index contributed by atoms with van der Waals surface area (Å²) in [6.45, 7) is 2.81. The van der Waals surface area contributed by atoms with E-state index in [1.807, 2.05) is 6.92 Å². The molecule has 15 heavy (non-hydrogen) atoms. The van der Waals surface area contributed by atoms with Crippen molar-refractivity contribution in [1.82, 2.24) is 5.32 Å². The normalized spacial score (nSPS) is 39.1. The van der Waals surface area contributed by atoms with Gasteiger partial charge >= 0.3 is 0 Å². The molecule has 1 heterocycles. The maximum absolute atomic E-state index is 11.4. The maximum Gasteiger partial charge on any atom is 0.220 e. The summed E-state index contributed by atoms with van der Waals surface area (Å²) in [5, 5.41) is 2.98. The maximum atomic E-state index is 11.4. The minimum Gasteiger partial charge on any atom is -0.376 e. The number of nitrogens with one attached hydrogen (secondary N) is 1. The molecule has 1 amide bonds. The summed E-state index contributed by atoms with van der Waals surface area (Å²) in [7, 11) is 0. The van der Waals surface area contributed by atoms with Gasteiger partial charge in [-0.1, -0.05) is 6.92 Å². The van der Waals surface area contributed by atoms with Crippen molar-refractivity contribution in [3.8, 4) is 0 Å². The molecule has 1 aliphatic carbocycles. The number of amides is 1. The third-order valence-corrected chi connectivity index (χ3v) is 3.48. The van der Waals surface area contributed by atoms with E-state index in [0.717, 1.165) is 25.9 Å². The Hall–Kier alpha value is -0.610. The van der Waals surface area contributed by atoms with Gasteiger partial charge in [0.25, 0.3) is 0 Å². The highest BCUT2D eigenvalue weighted by atomic mass is 16.5. The van der Waals surface area contributed by atoms with E-state index < -0.39 is 0 Å². The lowest BCUT2D eigenvalue weighted by Crippen LogP contribution is -2.72. The van der Waals surface area contributed by atoms with Crippen molar-refractivity contribution < 1.29 is 9.53 Å². The van der Waals surface area contributed by atoms with Gasteiger partial charge in [0.2, 0.25) is 5.91 Å². The molecule has 0 spiro atoms. The molecule has 4 nitrogen and oxygen atoms in total. The molecule has 1 aliphatic heterocycles. The average Bonchev–Trinajstić information content (AvgIpc) is 2.26. The first kappa shape index (κ1) is 10.9. The first-order chi connectivity index (χ1) is 7.24. The van der Waals surface area contributed by atoms with Crippen molar-refractivity contribution in [2.24, 2.45) is 11.7 Å². The van der Waals surface area contributed by atoms with Crippen LogP contribution >= 0.6 is 0 Å². The molecule has 0 aromatic carbocycles. The summed E-state index contributed by atoms with van der Waals surface area (Å²) in [5.74, 6) is 0.566. The van der Waals surface area contributed by atoms with Gasteiger partial charge < -0.3 is 15.8 Å². The molecule has 4 heteroatoms. The second-order valence-electron chi connectivity index (χ2n) is 4.56. The van der Waals surface area contributed by atoms with Gasteiger partial charge in [0.1, 0.15) is 0 Å². The highest BCUT2D eigenvalue weighted by Gasteiger charge is 2.50. The van der Waals surface area contributed by atoms with Crippen LogP contribution in [0.2, 0.25) is 0 Å². The second-order valence-corrected chi connectivity index (χ2v) is 4.56. The van der Waals surface area contributed by atoms with Crippen molar-refractivity contribution in [1.29, 1.82) is 0 Å². The molecule has 4 atom stereocenters. The average molecular weight is 212 g/mol. The zero-order valence-corrected chi connectivity index (χ0v) is 9.24. The van der Waals surface area contributed by atoms with E-state index in [0.29, 0.717) is 12.3 Å². The van der Waals surface area contributed by atoms with Crippen molar-refractivity contribution in [2.45, 2.75) is 50.8 Å². The van der Waals surface area contributed by atoms with E-state index in [2.05, 4.69) is 5.32 Å². The monoisotopic (exact) mass is 212 g/mol. The van der Waals surface area contributed by atoms with Crippen molar-refractivity contribution in [2.75, 3.05) is 6.61 Å². The third kappa shape index (κ3) is 2.01. The highest BCUT2D eigenvalue weighted by Crippen LogP contribution is 2.36. The molecule has 0 radical (unpaired) electrons. The minimum absolute atomic E-state index is 0.0503. The molecule has 1 saturated heterocycles. The Balaban J connectivity index is 1.85. The first-order valence-corrected chi connectivity index (χ1v) is 5.90. The Kier molecular flexibility index (Phi) is 3.26. The number of hydrogen-bond donors (Lipinski definition) is 2. The van der Waals surface area contributed by atoms with Gasteiger partial charge in [0.05, 0.1) is 12.1 Å². The predicted octanol–water partition coefficient (Wildman–Crippen LogP) is 0.407. The summed E-state index contributed by atoms with van der Waals surface area (Å²) in [6.07, 6.45) is 3.88. The Morgan fingerprint density at radius 1 is 1.60 bits per heavy atom. The molecule has 1 saturated carbocycles. The van der Waals surface area contributed by atoms with Crippen LogP contribution in [0.4, 0.5) is 0 Å². The summed E-state index contributed by atoms with van der Waals surface area (Å²) in [6, 6.07) is 0.144. The van der Waals surface area contributed by atoms with Crippen LogP contribution in [-0.4, -0.2) is 30.7 Å². The Labute approximate surface area is 90.5 Å². The molecule has 2 rings (SSSR count). The fraction of sp³-hybridized carbons (Fsp3) is 0.909. The van der Waals surface area contributed by atoms with E-state index in [1.165, 1.54) is 0 Å². The SMILES string of the molecule is CCCC(=O)NC1C(N)C2CCCOC21. The van der Waals surface area contributed by atoms with Crippen molar-refractivity contribution in [3.63, 3.8) is 0 Å². The first-order valence-electron chi connectivity index (χ1n) is 5.90. The Morgan fingerprint density at radius 2 is 2.40 bits per heavy atom. The van der Waals surface area contributed by atoms with Gasteiger partial charge in [-0.3, -0.25) is 4.79 Å². The number of carbonyl (C=O) groups is 1. The molecule has 0 aromatic heterocycles. The van der Waals surface area contributed by atoms with Gasteiger partial charge in [-0.05, 0) is 19.3 Å². The number of nitrogens with two attached hydrogens (primary N) is 1. The third-order valence-electron chi connectivity index (χ3n) is 3.48. The van der Waals surface area contributed by atoms with Gasteiger partial charge in [0.15, 0.2) is 0 Å². The van der Waals surface area contributed by atoms with Gasteiger partial charge in [-0.15, -0.1) is 0 Å². The zero-order valence-electron chi connectivity index (χ0n) is 9.24. The second kappa shape index (κ2) is 4.49. The van der Waals surface area contributed by atoms with E-state index in [4.69, 9.17) is 10.5 Å². The lowest BCUT2D eigenvalue weighted by atomic mass is 9.68. The van der Waals surface area contributed by atoms with Crippen LogP contribution in [0.5, 0.6) is 0 Å². The lowest BCUT2D eigenvalue weighted by molar-refractivity contribution is -0.139. The van der Waals surface area contributed by atoms with Gasteiger partial charge in [-0.2, -0.15) is 0 Å². The molecule has 0 bridgehead atoms. The van der Waals surface area contributed by atoms with Gasteiger partial charge in [0, 0.05) is 25.0 Å². The number of rotatable bonds is 3. The molecule has 3 N–H and O–H groups in total. The number of ether oxygens (including phenoxy) is 1. The molecule has 86 valence electrons. The van der Waals surface area contributed by atoms with Crippen LogP contribution in [0.1, 0.15) is 32.6 Å². The molecule has 2 fully saturated rings. The van der Waals surface area contributed by atoms with Crippen molar-refractivity contribution >= 4 is 5.91 Å². The Morgan fingerprint density at radius 3 is 3.13 bits per heavy atom. The van der Waals surface area contributed by atoms with Crippen LogP contribution in [0, 0.1) is 5.92 Å². The quantitative estimate of drug-likeness (QED) is 0.712. The van der Waals surface area contributed by atoms with Crippen LogP contribution in [0.25, 0.3) is 0 Å². The number of carbonyl (C=O) groups excluding carboxylic acids is 1. The summed E-state index contributed by atoms with van der Waals surface area (Å²) >= 11 is 0. The summed E-state index contributed by atoms with van der Waals surface area (Å²) in [4.78, 5) is 11.4. The molecule has 2 aliphatic rings. The highest BCUT2D eigenvalue weighted by molar-refractivity contribution is 5.76. The Bertz CT molecular complexity index is 245. The minimum atomic E-state index is 0.0503. The fourth-order valence-electron chi connectivity index (χ4n) is 2.61. The largest absolute Gasteiger partial charge is 0.376 e. The molecular weight excluding hydrogens is 192 g/mol. The van der Waals surface area contributed by atoms with Crippen molar-refractivity contribution in [3.05, 3.63) is 0 Å². The van der Waals surface area contributed by atoms with Crippen LogP contribution in [0.3, 0.4) is 0 Å². The predicted molar refractivity (Wildman–Crippen MR) is 57.3 cm³/mol. The van der Waals surface area contributed by atoms with Gasteiger partial charge in [-0.25, -0.2) is 0 Å². The van der Waals surface area contributed by atoms with E-state index in [1.54, 1.807) is 0 Å². The van der Waals surface area contributed by atoms with E-state index in [-0.39, 0.29) is 24.1 Å². The smallest absolute Gasteiger partial charge is 0.220 e. The lowest BCUT2D eigenvalue weighted by Gasteiger charge is -2.52. The van der Waals surface area contributed by atoms with E-state index >= 15 is 0 Å². The number of hydrogen-bond acceptors (Lipinski definition) is 3. The van der Waals surface area contributed by atoms with Crippen LogP contribution in [0.15, 0.2) is 0 Å². The zero-order chi connectivity index (χ0) is 10.8. The summed E-state index contributed by atoms with van der Waals surface area (Å²) in [5.41, 5.74) is 6.03. The summed E-state index contributed by atoms with van der Waals surface area (Å²) < 4.78 is 5.64. The molecule has 0 aromatic rings. The van der Waals surface area contributed by atoms with Crippen LogP contribution < -0.4 is 11.1 Å². The molecule has 4 unspecified atom stereocenters. The van der Waals surface area contributed by atoms with Crippen LogP contribution in [-0.2, 0) is 9.53 Å². The standard InChI is InChI=1S/C11H20N2O2/c1-2-4-8(14)13-10-9(12)7-5-3-6-15-11(7)10/h7,9-11H,2-6,12H2,1H3,(H,13,14). The fourth-order valence-corrected chi connectivity index (χ4v) is 2.61. The topological polar surface area (TPSA) is 64.4 Å².